The first-order valence-electron chi connectivity index (χ1n) is 11.3. The topological polar surface area (TPSA) is 87.9 Å². The Morgan fingerprint density at radius 3 is 2.76 bits per heavy atom. The molecule has 0 spiro atoms. The average Bonchev–Trinajstić information content (AvgIpc) is 3.31. The molecule has 0 amide bonds. The van der Waals surface area contributed by atoms with Crippen molar-refractivity contribution in [1.82, 2.24) is 20.3 Å². The molecule has 1 aliphatic heterocycles. The maximum absolute atomic E-state index is 5.67. The summed E-state index contributed by atoms with van der Waals surface area (Å²) in [5.74, 6) is 1.51. The van der Waals surface area contributed by atoms with Crippen LogP contribution in [0.25, 0.3) is 17.1 Å². The molecule has 1 aliphatic rings. The molecule has 0 aliphatic carbocycles. The number of pyridine rings is 1. The lowest BCUT2D eigenvalue weighted by Crippen LogP contribution is -2.26. The molecule has 0 bridgehead atoms. The van der Waals surface area contributed by atoms with Gasteiger partial charge in [-0.1, -0.05) is 30.3 Å². The molecule has 1 fully saturated rings. The number of nitrogens with one attached hydrogen (secondary N) is 1. The molecule has 0 saturated carbocycles. The van der Waals surface area contributed by atoms with Crippen molar-refractivity contribution in [3.8, 4) is 11.4 Å². The van der Waals surface area contributed by atoms with Crippen LogP contribution in [-0.2, 0) is 4.74 Å². The molecule has 3 heterocycles. The smallest absolute Gasteiger partial charge is 0.159 e. The highest BCUT2D eigenvalue weighted by molar-refractivity contribution is 6.16. The van der Waals surface area contributed by atoms with Gasteiger partial charge in [0.15, 0.2) is 5.82 Å². The predicted molar refractivity (Wildman–Crippen MR) is 137 cm³/mol. The summed E-state index contributed by atoms with van der Waals surface area (Å²) in [4.78, 5) is 25.0. The van der Waals surface area contributed by atoms with Crippen LogP contribution < -0.4 is 10.2 Å². The Morgan fingerprint density at radius 1 is 1.12 bits per heavy atom. The van der Waals surface area contributed by atoms with Crippen LogP contribution in [0.2, 0.25) is 0 Å². The fraction of sp³-hybridized carbons (Fsp3) is 0.269. The lowest BCUT2D eigenvalue weighted by Gasteiger charge is -2.19. The third kappa shape index (κ3) is 5.59. The van der Waals surface area contributed by atoms with Gasteiger partial charge in [0.1, 0.15) is 5.84 Å². The standard InChI is InChI=1S/C26H29N7O/c1-27-14-17-34-18-15-31-26-22(11-16-33(26)21-9-6-12-29-19-21)24(28-2)23-10-13-30-25(32-23)20-7-4-3-5-8-20/h3-10,12-13,19,27H,2,11,14-18H2,1H3/b24-22-,31-26?. The van der Waals surface area contributed by atoms with Gasteiger partial charge in [-0.15, -0.1) is 0 Å². The summed E-state index contributed by atoms with van der Waals surface area (Å²) in [6, 6.07) is 15.7. The second-order valence-electron chi connectivity index (χ2n) is 7.65. The van der Waals surface area contributed by atoms with Crippen molar-refractivity contribution in [3.63, 3.8) is 0 Å². The van der Waals surface area contributed by atoms with Crippen LogP contribution in [0, 0.1) is 0 Å². The highest BCUT2D eigenvalue weighted by atomic mass is 16.5. The van der Waals surface area contributed by atoms with Crippen LogP contribution in [0.5, 0.6) is 0 Å². The first kappa shape index (κ1) is 23.4. The minimum Gasteiger partial charge on any atom is -0.378 e. The number of aliphatic imine (C=N–C) groups is 2. The molecule has 4 rings (SSSR count). The van der Waals surface area contributed by atoms with Crippen LogP contribution >= 0.6 is 0 Å². The number of hydrogen-bond acceptors (Lipinski definition) is 7. The molecule has 1 aromatic carbocycles. The number of hydrogen-bond donors (Lipinski definition) is 1. The van der Waals surface area contributed by atoms with E-state index in [2.05, 4.69) is 31.9 Å². The van der Waals surface area contributed by atoms with Crippen LogP contribution in [0.15, 0.2) is 82.7 Å². The molecule has 1 N–H and O–H groups in total. The van der Waals surface area contributed by atoms with E-state index in [1.165, 1.54) is 0 Å². The molecular formula is C26H29N7O. The third-order valence-electron chi connectivity index (χ3n) is 5.44. The highest BCUT2D eigenvalue weighted by Gasteiger charge is 2.29. The number of rotatable bonds is 10. The van der Waals surface area contributed by atoms with Gasteiger partial charge in [0, 0.05) is 36.6 Å². The minimum absolute atomic E-state index is 0.544. The van der Waals surface area contributed by atoms with Gasteiger partial charge in [0.2, 0.25) is 0 Å². The molecule has 0 atom stereocenters. The monoisotopic (exact) mass is 455 g/mol. The van der Waals surface area contributed by atoms with E-state index >= 15 is 0 Å². The molecule has 8 nitrogen and oxygen atoms in total. The van der Waals surface area contributed by atoms with E-state index in [9.17, 15) is 0 Å². The van der Waals surface area contributed by atoms with Crippen molar-refractivity contribution in [2.45, 2.75) is 6.42 Å². The fourth-order valence-electron chi connectivity index (χ4n) is 3.81. The molecule has 2 aromatic heterocycles. The van der Waals surface area contributed by atoms with Crippen molar-refractivity contribution >= 4 is 23.9 Å². The number of benzene rings is 1. The average molecular weight is 456 g/mol. The van der Waals surface area contributed by atoms with Crippen molar-refractivity contribution in [1.29, 1.82) is 0 Å². The Hall–Kier alpha value is -3.75. The zero-order chi connectivity index (χ0) is 23.6. The first-order valence-corrected chi connectivity index (χ1v) is 11.3. The summed E-state index contributed by atoms with van der Waals surface area (Å²) < 4.78 is 5.67. The normalized spacial score (nSPS) is 16.1. The van der Waals surface area contributed by atoms with Gasteiger partial charge in [0.05, 0.1) is 43.0 Å². The van der Waals surface area contributed by atoms with Gasteiger partial charge in [-0.2, -0.15) is 0 Å². The van der Waals surface area contributed by atoms with E-state index in [0.717, 1.165) is 53.6 Å². The summed E-state index contributed by atoms with van der Waals surface area (Å²) in [5, 5.41) is 3.08. The molecule has 3 aromatic rings. The quantitative estimate of drug-likeness (QED) is 0.372. The summed E-state index contributed by atoms with van der Waals surface area (Å²) in [5.41, 5.74) is 4.40. The first-order chi connectivity index (χ1) is 16.8. The number of aromatic nitrogens is 3. The second-order valence-corrected chi connectivity index (χ2v) is 7.65. The van der Waals surface area contributed by atoms with Crippen molar-refractivity contribution in [2.24, 2.45) is 9.98 Å². The number of likely N-dealkylation sites (N-methyl/N-ethyl adjacent to an activating group) is 1. The second kappa shape index (κ2) is 11.9. The predicted octanol–water partition coefficient (Wildman–Crippen LogP) is 3.50. The largest absolute Gasteiger partial charge is 0.378 e. The van der Waals surface area contributed by atoms with Gasteiger partial charge in [-0.3, -0.25) is 15.0 Å². The molecule has 0 unspecified atom stereocenters. The molecule has 0 radical (unpaired) electrons. The summed E-state index contributed by atoms with van der Waals surface area (Å²) in [7, 11) is 1.91. The molecule has 34 heavy (non-hydrogen) atoms. The van der Waals surface area contributed by atoms with E-state index in [1.807, 2.05) is 61.8 Å². The van der Waals surface area contributed by atoms with Crippen LogP contribution in [-0.4, -0.2) is 67.4 Å². The van der Waals surface area contributed by atoms with E-state index in [4.69, 9.17) is 14.7 Å². The van der Waals surface area contributed by atoms with Crippen LogP contribution in [0.4, 0.5) is 5.69 Å². The van der Waals surface area contributed by atoms with Crippen LogP contribution in [0.3, 0.4) is 0 Å². The minimum atomic E-state index is 0.544. The Balaban J connectivity index is 1.68. The van der Waals surface area contributed by atoms with E-state index in [-0.39, 0.29) is 0 Å². The number of ether oxygens (including phenoxy) is 1. The van der Waals surface area contributed by atoms with Gasteiger partial charge in [-0.25, -0.2) is 9.97 Å². The van der Waals surface area contributed by atoms with Gasteiger partial charge >= 0.3 is 0 Å². The Bertz CT molecular complexity index is 1150. The zero-order valence-electron chi connectivity index (χ0n) is 19.4. The van der Waals surface area contributed by atoms with E-state index in [0.29, 0.717) is 25.6 Å². The fourth-order valence-corrected chi connectivity index (χ4v) is 3.81. The SMILES string of the molecule is C=N/C(=C1/CCN(c2cccnc2)C1=NCCOCCNC)c1ccnc(-c2ccccc2)n1. The highest BCUT2D eigenvalue weighted by Crippen LogP contribution is 2.31. The van der Waals surface area contributed by atoms with E-state index < -0.39 is 0 Å². The summed E-state index contributed by atoms with van der Waals surface area (Å²) in [6.45, 7) is 7.19. The molecule has 1 saturated heterocycles. The summed E-state index contributed by atoms with van der Waals surface area (Å²) in [6.07, 6.45) is 6.15. The van der Waals surface area contributed by atoms with Crippen molar-refractivity contribution < 1.29 is 4.74 Å². The Morgan fingerprint density at radius 2 is 2.00 bits per heavy atom. The number of amidine groups is 1. The lowest BCUT2D eigenvalue weighted by atomic mass is 10.1. The maximum Gasteiger partial charge on any atom is 0.159 e. The maximum atomic E-state index is 5.67. The van der Waals surface area contributed by atoms with Gasteiger partial charge in [0.25, 0.3) is 0 Å². The van der Waals surface area contributed by atoms with E-state index in [1.54, 1.807) is 12.4 Å². The van der Waals surface area contributed by atoms with Crippen molar-refractivity contribution in [2.75, 3.05) is 44.8 Å². The zero-order valence-corrected chi connectivity index (χ0v) is 19.4. The van der Waals surface area contributed by atoms with Crippen LogP contribution in [0.1, 0.15) is 12.1 Å². The lowest BCUT2D eigenvalue weighted by molar-refractivity contribution is 0.145. The Labute approximate surface area is 200 Å². The van der Waals surface area contributed by atoms with Gasteiger partial charge in [-0.05, 0) is 38.4 Å². The summed E-state index contributed by atoms with van der Waals surface area (Å²) >= 11 is 0. The Kier molecular flexibility index (Phi) is 8.21. The number of nitrogens with zero attached hydrogens (tertiary/aromatic N) is 6. The molecule has 8 heteroatoms. The molecule has 174 valence electrons. The van der Waals surface area contributed by atoms with Gasteiger partial charge < -0.3 is 15.0 Å². The third-order valence-corrected chi connectivity index (χ3v) is 5.44. The number of anilines is 1. The van der Waals surface area contributed by atoms with Crippen molar-refractivity contribution in [3.05, 3.63) is 78.4 Å². The molecular weight excluding hydrogens is 426 g/mol.